The van der Waals surface area contributed by atoms with Gasteiger partial charge in [-0.2, -0.15) is 0 Å². The molecule has 20 heavy (non-hydrogen) atoms. The van der Waals surface area contributed by atoms with Crippen LogP contribution in [0.25, 0.3) is 4.85 Å². The van der Waals surface area contributed by atoms with Crippen LogP contribution in [0.2, 0.25) is 0 Å². The van der Waals surface area contributed by atoms with Gasteiger partial charge in [0.1, 0.15) is 11.6 Å². The second kappa shape index (κ2) is 4.97. The first-order valence-electron chi connectivity index (χ1n) is 7.54. The van der Waals surface area contributed by atoms with E-state index in [1.807, 2.05) is 6.92 Å². The summed E-state index contributed by atoms with van der Waals surface area (Å²) >= 11 is 0. The molecule has 1 atom stereocenters. The van der Waals surface area contributed by atoms with E-state index in [0.717, 1.165) is 48.4 Å². The van der Waals surface area contributed by atoms with E-state index < -0.39 is 0 Å². The van der Waals surface area contributed by atoms with Crippen molar-refractivity contribution in [3.05, 3.63) is 23.0 Å². The molecule has 2 fully saturated rings. The maximum absolute atomic E-state index is 7.43. The highest BCUT2D eigenvalue weighted by molar-refractivity contribution is 5.74. The number of rotatable bonds is 3. The van der Waals surface area contributed by atoms with Crippen LogP contribution in [-0.2, 0) is 0 Å². The maximum atomic E-state index is 7.43. The molecule has 3 rings (SSSR count). The topological polar surface area (TPSA) is 23.7 Å². The lowest BCUT2D eigenvalue weighted by Gasteiger charge is -2.43. The van der Waals surface area contributed by atoms with Crippen LogP contribution in [0.5, 0.6) is 0 Å². The van der Waals surface area contributed by atoms with Gasteiger partial charge in [0.05, 0.1) is 6.57 Å². The predicted molar refractivity (Wildman–Crippen MR) is 82.7 cm³/mol. The Morgan fingerprint density at radius 2 is 2.20 bits per heavy atom. The summed E-state index contributed by atoms with van der Waals surface area (Å²) in [5.74, 6) is 2.76. The Morgan fingerprint density at radius 3 is 2.70 bits per heavy atom. The van der Waals surface area contributed by atoms with E-state index in [4.69, 9.17) is 11.6 Å². The van der Waals surface area contributed by atoms with Gasteiger partial charge in [-0.15, -0.1) is 0 Å². The molecular weight excluding hydrogens is 248 g/mol. The summed E-state index contributed by atoms with van der Waals surface area (Å²) in [6.07, 6.45) is 2.44. The van der Waals surface area contributed by atoms with Gasteiger partial charge in [-0.05, 0) is 44.2 Å². The quantitative estimate of drug-likeness (QED) is 0.787. The highest BCUT2D eigenvalue weighted by Gasteiger charge is 2.31. The van der Waals surface area contributed by atoms with E-state index in [0.29, 0.717) is 6.04 Å². The van der Waals surface area contributed by atoms with Crippen molar-refractivity contribution >= 4 is 17.3 Å². The maximum Gasteiger partial charge on any atom is 0.231 e. The van der Waals surface area contributed by atoms with Gasteiger partial charge in [-0.25, -0.2) is 9.83 Å². The molecule has 0 aromatic carbocycles. The fraction of sp³-hybridized carbons (Fsp3) is 0.625. The zero-order valence-electron chi connectivity index (χ0n) is 12.6. The molecule has 1 aromatic rings. The molecule has 0 amide bonds. The number of anilines is 2. The average Bonchev–Trinajstić information content (AvgIpc) is 2.35. The Balaban J connectivity index is 1.92. The molecule has 1 unspecified atom stereocenters. The smallest absolute Gasteiger partial charge is 0.231 e. The Morgan fingerprint density at radius 1 is 1.45 bits per heavy atom. The predicted octanol–water partition coefficient (Wildman–Crippen LogP) is 3.39. The standard InChI is InChI=1S/C16H22N4/c1-5-13-9-19(10-13)14-8-11(2)15(17-4)16(18-14)20-7-6-12(20)3/h8,12-13H,5-7,9-10H2,1-3H3. The van der Waals surface area contributed by atoms with E-state index >= 15 is 0 Å². The fourth-order valence-corrected chi connectivity index (χ4v) is 2.98. The van der Waals surface area contributed by atoms with Gasteiger partial charge in [0.2, 0.25) is 5.69 Å². The molecule has 0 spiro atoms. The minimum Gasteiger partial charge on any atom is -0.362 e. The lowest BCUT2D eigenvalue weighted by molar-refractivity contribution is 0.395. The third-order valence-electron chi connectivity index (χ3n) is 4.71. The highest BCUT2D eigenvalue weighted by atomic mass is 15.3. The van der Waals surface area contributed by atoms with Crippen molar-refractivity contribution < 1.29 is 0 Å². The zero-order chi connectivity index (χ0) is 14.3. The second-order valence-electron chi connectivity index (χ2n) is 6.09. The van der Waals surface area contributed by atoms with Crippen LogP contribution in [0.1, 0.15) is 32.3 Å². The Hall–Kier alpha value is -1.76. The van der Waals surface area contributed by atoms with Gasteiger partial charge in [-0.3, -0.25) is 0 Å². The molecule has 2 saturated heterocycles. The molecule has 0 aliphatic carbocycles. The number of hydrogen-bond acceptors (Lipinski definition) is 3. The summed E-state index contributed by atoms with van der Waals surface area (Å²) in [4.78, 5) is 13.1. The molecule has 4 heteroatoms. The first-order chi connectivity index (χ1) is 9.63. The monoisotopic (exact) mass is 270 g/mol. The van der Waals surface area contributed by atoms with Gasteiger partial charge >= 0.3 is 0 Å². The molecule has 0 bridgehead atoms. The van der Waals surface area contributed by atoms with Gasteiger partial charge < -0.3 is 9.80 Å². The van der Waals surface area contributed by atoms with Crippen LogP contribution in [0.15, 0.2) is 6.07 Å². The average molecular weight is 270 g/mol. The van der Waals surface area contributed by atoms with Crippen molar-refractivity contribution in [2.24, 2.45) is 5.92 Å². The first-order valence-corrected chi connectivity index (χ1v) is 7.54. The third-order valence-corrected chi connectivity index (χ3v) is 4.71. The van der Waals surface area contributed by atoms with E-state index in [-0.39, 0.29) is 0 Å². The van der Waals surface area contributed by atoms with Crippen LogP contribution < -0.4 is 9.80 Å². The van der Waals surface area contributed by atoms with Crippen LogP contribution >= 0.6 is 0 Å². The van der Waals surface area contributed by atoms with E-state index in [1.54, 1.807) is 0 Å². The van der Waals surface area contributed by atoms with Crippen molar-refractivity contribution in [2.75, 3.05) is 29.4 Å². The van der Waals surface area contributed by atoms with Crippen molar-refractivity contribution in [2.45, 2.75) is 39.7 Å². The van der Waals surface area contributed by atoms with E-state index in [1.165, 1.54) is 12.8 Å². The van der Waals surface area contributed by atoms with Gasteiger partial charge in [0, 0.05) is 25.7 Å². The van der Waals surface area contributed by atoms with Gasteiger partial charge in [0.15, 0.2) is 0 Å². The van der Waals surface area contributed by atoms with E-state index in [9.17, 15) is 0 Å². The fourth-order valence-electron chi connectivity index (χ4n) is 2.98. The van der Waals surface area contributed by atoms with Gasteiger partial charge in [0.25, 0.3) is 0 Å². The lowest BCUT2D eigenvalue weighted by atomic mass is 9.97. The summed E-state index contributed by atoms with van der Waals surface area (Å²) in [5, 5.41) is 0. The van der Waals surface area contributed by atoms with Crippen molar-refractivity contribution in [1.82, 2.24) is 4.98 Å². The van der Waals surface area contributed by atoms with Crippen LogP contribution in [0, 0.1) is 19.4 Å². The third kappa shape index (κ3) is 2.02. The number of pyridine rings is 1. The minimum absolute atomic E-state index is 0.512. The molecule has 4 nitrogen and oxygen atoms in total. The highest BCUT2D eigenvalue weighted by Crippen LogP contribution is 2.38. The minimum atomic E-state index is 0.512. The number of aryl methyl sites for hydroxylation is 1. The van der Waals surface area contributed by atoms with Crippen LogP contribution in [0.3, 0.4) is 0 Å². The Labute approximate surface area is 121 Å². The normalized spacial score (nSPS) is 22.2. The van der Waals surface area contributed by atoms with Gasteiger partial charge in [-0.1, -0.05) is 6.92 Å². The van der Waals surface area contributed by atoms with Crippen LogP contribution in [0.4, 0.5) is 17.3 Å². The SMILES string of the molecule is [C-]#[N+]c1c(C)cc(N2CC(CC)C2)nc1N1CCC1C. The molecule has 106 valence electrons. The molecular formula is C16H22N4. The first kappa shape index (κ1) is 13.2. The second-order valence-corrected chi connectivity index (χ2v) is 6.09. The lowest BCUT2D eigenvalue weighted by Crippen LogP contribution is -2.48. The molecule has 3 heterocycles. The molecule has 0 radical (unpaired) electrons. The number of aromatic nitrogens is 1. The summed E-state index contributed by atoms with van der Waals surface area (Å²) in [6, 6.07) is 2.59. The molecule has 2 aliphatic rings. The summed E-state index contributed by atoms with van der Waals surface area (Å²) in [5.41, 5.74) is 1.78. The van der Waals surface area contributed by atoms with Crippen molar-refractivity contribution in [3.8, 4) is 0 Å². The van der Waals surface area contributed by atoms with Crippen molar-refractivity contribution in [1.29, 1.82) is 0 Å². The molecule has 2 aliphatic heterocycles. The largest absolute Gasteiger partial charge is 0.362 e. The summed E-state index contributed by atoms with van der Waals surface area (Å²) in [6.45, 7) is 17.1. The molecule has 1 aromatic heterocycles. The number of nitrogens with zero attached hydrogens (tertiary/aromatic N) is 4. The zero-order valence-corrected chi connectivity index (χ0v) is 12.6. The Bertz CT molecular complexity index is 554. The molecule has 0 N–H and O–H groups in total. The number of hydrogen-bond donors (Lipinski definition) is 0. The summed E-state index contributed by atoms with van der Waals surface area (Å²) in [7, 11) is 0. The Kier molecular flexibility index (Phi) is 3.29. The van der Waals surface area contributed by atoms with Crippen molar-refractivity contribution in [3.63, 3.8) is 0 Å². The van der Waals surface area contributed by atoms with Crippen LogP contribution in [-0.4, -0.2) is 30.7 Å². The molecule has 0 saturated carbocycles. The summed E-state index contributed by atoms with van der Waals surface area (Å²) < 4.78 is 0. The van der Waals surface area contributed by atoms with E-state index in [2.05, 4.69) is 34.6 Å².